The van der Waals surface area contributed by atoms with E-state index in [0.717, 1.165) is 22.4 Å². The average Bonchev–Trinajstić information content (AvgIpc) is 2.38. The molecule has 0 spiro atoms. The molecule has 0 aromatic heterocycles. The van der Waals surface area contributed by atoms with E-state index in [1.807, 2.05) is 48.5 Å². The van der Waals surface area contributed by atoms with Crippen molar-refractivity contribution in [2.45, 2.75) is 6.61 Å². The van der Waals surface area contributed by atoms with Gasteiger partial charge < -0.3 is 4.74 Å². The summed E-state index contributed by atoms with van der Waals surface area (Å²) in [6.07, 6.45) is 5.33. The second-order valence-corrected chi connectivity index (χ2v) is 3.74. The molecule has 0 unspecified atom stereocenters. The summed E-state index contributed by atoms with van der Waals surface area (Å²) in [6.45, 7) is 4.44. The number of rotatable bonds is 3. The highest BCUT2D eigenvalue weighted by Crippen LogP contribution is 2.17. The summed E-state index contributed by atoms with van der Waals surface area (Å²) in [7, 11) is 0. The fourth-order valence-corrected chi connectivity index (χ4v) is 1.54. The first-order valence-corrected chi connectivity index (χ1v) is 5.39. The number of benzene rings is 2. The highest BCUT2D eigenvalue weighted by Gasteiger charge is 1.99. The minimum Gasteiger partial charge on any atom is -0.489 e. The second-order valence-electron chi connectivity index (χ2n) is 3.74. The molecule has 0 heterocycles. The van der Waals surface area contributed by atoms with Crippen molar-refractivity contribution in [3.63, 3.8) is 0 Å². The number of terminal acetylenes is 1. The van der Waals surface area contributed by atoms with Crippen LogP contribution in [0.4, 0.5) is 0 Å². The molecule has 0 fully saturated rings. The van der Waals surface area contributed by atoms with Gasteiger partial charge in [0.1, 0.15) is 12.4 Å². The van der Waals surface area contributed by atoms with Crippen LogP contribution in [0.25, 0.3) is 0 Å². The van der Waals surface area contributed by atoms with Gasteiger partial charge in [0.05, 0.1) is 0 Å². The Bertz CT molecular complexity index is 535. The van der Waals surface area contributed by atoms with Crippen molar-refractivity contribution >= 4 is 0 Å². The first-order valence-electron chi connectivity index (χ1n) is 5.39. The van der Waals surface area contributed by atoms with E-state index in [0.29, 0.717) is 6.61 Å². The highest BCUT2D eigenvalue weighted by atomic mass is 16.5. The van der Waals surface area contributed by atoms with Crippen molar-refractivity contribution in [2.24, 2.45) is 0 Å². The fraction of sp³-hybridized carbons (Fsp3) is 0.0625. The summed E-state index contributed by atoms with van der Waals surface area (Å²) in [6, 6.07) is 15.6. The average molecular weight is 221 g/mol. The number of ether oxygens (including phenoxy) is 1. The molecule has 0 atom stereocenters. The van der Waals surface area contributed by atoms with Crippen LogP contribution in [0.15, 0.2) is 48.5 Å². The zero-order chi connectivity index (χ0) is 12.1. The van der Waals surface area contributed by atoms with Crippen LogP contribution in [0.3, 0.4) is 0 Å². The van der Waals surface area contributed by atoms with Crippen molar-refractivity contribution in [3.8, 4) is 18.1 Å². The third-order valence-electron chi connectivity index (χ3n) is 2.48. The Labute approximate surface area is 102 Å². The van der Waals surface area contributed by atoms with Crippen LogP contribution in [0.2, 0.25) is 0 Å². The second kappa shape index (κ2) is 5.23. The van der Waals surface area contributed by atoms with Crippen molar-refractivity contribution in [1.29, 1.82) is 0 Å². The van der Waals surface area contributed by atoms with Gasteiger partial charge in [0, 0.05) is 5.56 Å². The van der Waals surface area contributed by atoms with E-state index >= 15 is 0 Å². The minimum atomic E-state index is 0.551. The Kier molecular flexibility index (Phi) is 3.47. The maximum atomic E-state index is 5.66. The van der Waals surface area contributed by atoms with Gasteiger partial charge in [-0.3, -0.25) is 0 Å². The zero-order valence-corrected chi connectivity index (χ0v) is 9.52. The van der Waals surface area contributed by atoms with Gasteiger partial charge in [-0.15, -0.1) is 6.42 Å². The highest BCUT2D eigenvalue weighted by molar-refractivity contribution is 5.45. The van der Waals surface area contributed by atoms with Crippen LogP contribution in [0.1, 0.15) is 16.7 Å². The normalized spacial score (nSPS) is 9.65. The van der Waals surface area contributed by atoms with Crippen molar-refractivity contribution in [3.05, 3.63) is 72.1 Å². The molecule has 0 saturated carbocycles. The van der Waals surface area contributed by atoms with E-state index in [4.69, 9.17) is 11.2 Å². The molecule has 1 heteroatoms. The summed E-state index contributed by atoms with van der Waals surface area (Å²) in [4.78, 5) is 0. The molecule has 17 heavy (non-hydrogen) atoms. The van der Waals surface area contributed by atoms with Gasteiger partial charge >= 0.3 is 0 Å². The molecule has 1 nitrogen and oxygen atoms in total. The first kappa shape index (κ1) is 11.3. The zero-order valence-electron chi connectivity index (χ0n) is 9.52. The van der Waals surface area contributed by atoms with E-state index in [2.05, 4.69) is 12.8 Å². The predicted molar refractivity (Wildman–Crippen MR) is 69.6 cm³/mol. The Morgan fingerprint density at radius 1 is 1.12 bits per heavy atom. The van der Waals surface area contributed by atoms with Crippen LogP contribution in [-0.2, 0) is 6.61 Å². The third kappa shape index (κ3) is 2.89. The molecular formula is C16H13O. The van der Waals surface area contributed by atoms with Gasteiger partial charge in [-0.2, -0.15) is 0 Å². The molecule has 0 aliphatic rings. The Morgan fingerprint density at radius 3 is 2.53 bits per heavy atom. The Balaban J connectivity index is 2.06. The molecule has 0 aliphatic carbocycles. The number of hydrogen-bond donors (Lipinski definition) is 0. The van der Waals surface area contributed by atoms with Crippen molar-refractivity contribution in [2.75, 3.05) is 0 Å². The van der Waals surface area contributed by atoms with Gasteiger partial charge in [0.2, 0.25) is 0 Å². The molecule has 0 amide bonds. The lowest BCUT2D eigenvalue weighted by Crippen LogP contribution is -1.95. The Hall–Kier alpha value is -2.20. The fourth-order valence-electron chi connectivity index (χ4n) is 1.54. The summed E-state index contributed by atoms with van der Waals surface area (Å²) in [5.74, 6) is 3.37. The van der Waals surface area contributed by atoms with E-state index in [1.54, 1.807) is 0 Å². The molecule has 1 radical (unpaired) electrons. The SMILES string of the molecule is C#Cc1ccc(OCc2ccccc2)cc1[CH2]. The molecular weight excluding hydrogens is 208 g/mol. The van der Waals surface area contributed by atoms with Crippen LogP contribution in [0, 0.1) is 19.3 Å². The van der Waals surface area contributed by atoms with Gasteiger partial charge in [0.25, 0.3) is 0 Å². The largest absolute Gasteiger partial charge is 0.489 e. The molecule has 2 aromatic carbocycles. The van der Waals surface area contributed by atoms with E-state index in [1.165, 1.54) is 0 Å². The van der Waals surface area contributed by atoms with Gasteiger partial charge in [0.15, 0.2) is 0 Å². The molecule has 0 bridgehead atoms. The predicted octanol–water partition coefficient (Wildman–Crippen LogP) is 3.43. The topological polar surface area (TPSA) is 9.23 Å². The number of hydrogen-bond acceptors (Lipinski definition) is 1. The quantitative estimate of drug-likeness (QED) is 0.721. The maximum Gasteiger partial charge on any atom is 0.120 e. The minimum absolute atomic E-state index is 0.551. The summed E-state index contributed by atoms with van der Waals surface area (Å²) in [5, 5.41) is 0. The molecule has 83 valence electrons. The molecule has 2 rings (SSSR count). The van der Waals surface area contributed by atoms with Crippen LogP contribution >= 0.6 is 0 Å². The van der Waals surface area contributed by atoms with Crippen LogP contribution in [0.5, 0.6) is 5.75 Å². The van der Waals surface area contributed by atoms with E-state index < -0.39 is 0 Å². The maximum absolute atomic E-state index is 5.66. The molecule has 0 saturated heterocycles. The standard InChI is InChI=1S/C16H13O/c1-3-15-9-10-16(11-13(15)2)17-12-14-7-5-4-6-8-14/h1,4-11H,2,12H2. The lowest BCUT2D eigenvalue weighted by atomic mass is 10.1. The smallest absolute Gasteiger partial charge is 0.120 e. The van der Waals surface area contributed by atoms with E-state index in [-0.39, 0.29) is 0 Å². The summed E-state index contributed by atoms with van der Waals surface area (Å²) < 4.78 is 5.66. The van der Waals surface area contributed by atoms with Crippen molar-refractivity contribution in [1.82, 2.24) is 0 Å². The molecule has 2 aromatic rings. The molecule has 0 N–H and O–H groups in total. The van der Waals surface area contributed by atoms with Crippen molar-refractivity contribution < 1.29 is 4.74 Å². The van der Waals surface area contributed by atoms with Gasteiger partial charge in [-0.05, 0) is 36.2 Å². The summed E-state index contributed by atoms with van der Waals surface area (Å²) in [5.41, 5.74) is 2.76. The first-order chi connectivity index (χ1) is 8.29. The lowest BCUT2D eigenvalue weighted by Gasteiger charge is -2.07. The Morgan fingerprint density at radius 2 is 1.88 bits per heavy atom. The monoisotopic (exact) mass is 221 g/mol. The van der Waals surface area contributed by atoms with Crippen LogP contribution in [-0.4, -0.2) is 0 Å². The summed E-state index contributed by atoms with van der Waals surface area (Å²) >= 11 is 0. The van der Waals surface area contributed by atoms with E-state index in [9.17, 15) is 0 Å². The molecule has 0 aliphatic heterocycles. The third-order valence-corrected chi connectivity index (χ3v) is 2.48. The van der Waals surface area contributed by atoms with Gasteiger partial charge in [-0.1, -0.05) is 36.3 Å². The van der Waals surface area contributed by atoms with Gasteiger partial charge in [-0.25, -0.2) is 0 Å². The van der Waals surface area contributed by atoms with Crippen LogP contribution < -0.4 is 4.74 Å². The lowest BCUT2D eigenvalue weighted by molar-refractivity contribution is 0.306.